The molecule has 1 aromatic heterocycles. The Bertz CT molecular complexity index is 492. The molecule has 1 N–H and O–H groups in total. The van der Waals surface area contributed by atoms with Gasteiger partial charge in [-0.2, -0.15) is 0 Å². The summed E-state index contributed by atoms with van der Waals surface area (Å²) in [5.41, 5.74) is 0.973. The Balaban J connectivity index is 2.19. The lowest BCUT2D eigenvalue weighted by molar-refractivity contribution is 0.0575. The molecule has 1 aromatic carbocycles. The standard InChI is InChI=1S/C15H17NO2/c1-15(17,10-12-4-3-9-16-11-12)13-5-7-14(18-2)8-6-13/h3-9,11,17H,10H2,1-2H3. The van der Waals surface area contributed by atoms with E-state index < -0.39 is 5.60 Å². The molecular formula is C15H17NO2. The lowest BCUT2D eigenvalue weighted by Crippen LogP contribution is -2.24. The predicted octanol–water partition coefficient (Wildman–Crippen LogP) is 2.54. The second kappa shape index (κ2) is 5.19. The molecule has 1 heterocycles. The van der Waals surface area contributed by atoms with Crippen LogP contribution in [0.25, 0.3) is 0 Å². The number of rotatable bonds is 4. The molecule has 0 fully saturated rings. The largest absolute Gasteiger partial charge is 0.497 e. The van der Waals surface area contributed by atoms with Crippen molar-refractivity contribution < 1.29 is 9.84 Å². The number of benzene rings is 1. The zero-order valence-corrected chi connectivity index (χ0v) is 10.6. The maximum Gasteiger partial charge on any atom is 0.118 e. The SMILES string of the molecule is COc1ccc(C(C)(O)Cc2cccnc2)cc1. The van der Waals surface area contributed by atoms with Crippen molar-refractivity contribution in [3.63, 3.8) is 0 Å². The van der Waals surface area contributed by atoms with E-state index in [1.807, 2.05) is 43.3 Å². The summed E-state index contributed by atoms with van der Waals surface area (Å²) >= 11 is 0. The fraction of sp³-hybridized carbons (Fsp3) is 0.267. The summed E-state index contributed by atoms with van der Waals surface area (Å²) in [6, 6.07) is 11.3. The lowest BCUT2D eigenvalue weighted by atomic mass is 9.89. The first-order chi connectivity index (χ1) is 8.62. The van der Waals surface area contributed by atoms with Crippen molar-refractivity contribution in [1.82, 2.24) is 4.98 Å². The van der Waals surface area contributed by atoms with E-state index in [1.54, 1.807) is 19.5 Å². The number of aromatic nitrogens is 1. The molecule has 0 bridgehead atoms. The molecule has 94 valence electrons. The van der Waals surface area contributed by atoms with Crippen LogP contribution >= 0.6 is 0 Å². The van der Waals surface area contributed by atoms with Crippen LogP contribution in [0.4, 0.5) is 0 Å². The number of hydrogen-bond donors (Lipinski definition) is 1. The van der Waals surface area contributed by atoms with Crippen LogP contribution in [-0.2, 0) is 12.0 Å². The summed E-state index contributed by atoms with van der Waals surface area (Å²) < 4.78 is 5.11. The van der Waals surface area contributed by atoms with Crippen molar-refractivity contribution in [2.24, 2.45) is 0 Å². The number of ether oxygens (including phenoxy) is 1. The third kappa shape index (κ3) is 2.87. The Morgan fingerprint density at radius 3 is 2.50 bits per heavy atom. The highest BCUT2D eigenvalue weighted by molar-refractivity contribution is 5.31. The van der Waals surface area contributed by atoms with Crippen LogP contribution < -0.4 is 4.74 Å². The van der Waals surface area contributed by atoms with Gasteiger partial charge in [-0.05, 0) is 36.2 Å². The summed E-state index contributed by atoms with van der Waals surface area (Å²) in [6.07, 6.45) is 4.04. The van der Waals surface area contributed by atoms with Gasteiger partial charge in [-0.25, -0.2) is 0 Å². The smallest absolute Gasteiger partial charge is 0.118 e. The number of methoxy groups -OCH3 is 1. The van der Waals surface area contributed by atoms with Crippen molar-refractivity contribution in [3.05, 3.63) is 59.9 Å². The molecule has 2 rings (SSSR count). The molecule has 0 aliphatic carbocycles. The average molecular weight is 243 g/mol. The van der Waals surface area contributed by atoms with Crippen molar-refractivity contribution >= 4 is 0 Å². The van der Waals surface area contributed by atoms with Gasteiger partial charge in [0.05, 0.1) is 12.7 Å². The van der Waals surface area contributed by atoms with Gasteiger partial charge in [0, 0.05) is 18.8 Å². The molecule has 18 heavy (non-hydrogen) atoms. The second-order valence-corrected chi connectivity index (χ2v) is 4.54. The summed E-state index contributed by atoms with van der Waals surface area (Å²) in [5.74, 6) is 0.788. The Morgan fingerprint density at radius 2 is 1.94 bits per heavy atom. The normalized spacial score (nSPS) is 13.9. The van der Waals surface area contributed by atoms with Gasteiger partial charge in [-0.1, -0.05) is 18.2 Å². The Morgan fingerprint density at radius 1 is 1.22 bits per heavy atom. The number of pyridine rings is 1. The molecular weight excluding hydrogens is 226 g/mol. The van der Waals surface area contributed by atoms with Crippen LogP contribution in [0.15, 0.2) is 48.8 Å². The molecule has 1 atom stereocenters. The molecule has 3 nitrogen and oxygen atoms in total. The molecule has 2 aromatic rings. The quantitative estimate of drug-likeness (QED) is 0.897. The van der Waals surface area contributed by atoms with Gasteiger partial charge in [0.2, 0.25) is 0 Å². The summed E-state index contributed by atoms with van der Waals surface area (Å²) in [6.45, 7) is 1.81. The van der Waals surface area contributed by atoms with Gasteiger partial charge in [0.15, 0.2) is 0 Å². The molecule has 0 saturated carbocycles. The van der Waals surface area contributed by atoms with Crippen LogP contribution in [-0.4, -0.2) is 17.2 Å². The highest BCUT2D eigenvalue weighted by Crippen LogP contribution is 2.26. The van der Waals surface area contributed by atoms with Gasteiger partial charge >= 0.3 is 0 Å². The summed E-state index contributed by atoms with van der Waals surface area (Å²) in [5, 5.41) is 10.5. The molecule has 0 radical (unpaired) electrons. The minimum atomic E-state index is -0.907. The number of aliphatic hydroxyl groups is 1. The molecule has 0 spiro atoms. The fourth-order valence-electron chi connectivity index (χ4n) is 1.95. The zero-order valence-electron chi connectivity index (χ0n) is 10.6. The van der Waals surface area contributed by atoms with E-state index in [-0.39, 0.29) is 0 Å². The van der Waals surface area contributed by atoms with E-state index in [0.717, 1.165) is 16.9 Å². The molecule has 0 saturated heterocycles. The van der Waals surface area contributed by atoms with Gasteiger partial charge in [0.25, 0.3) is 0 Å². The summed E-state index contributed by atoms with van der Waals surface area (Å²) in [7, 11) is 1.63. The monoisotopic (exact) mass is 243 g/mol. The first-order valence-corrected chi connectivity index (χ1v) is 5.87. The van der Waals surface area contributed by atoms with Crippen LogP contribution in [0.3, 0.4) is 0 Å². The topological polar surface area (TPSA) is 42.4 Å². The summed E-state index contributed by atoms with van der Waals surface area (Å²) in [4.78, 5) is 4.06. The van der Waals surface area contributed by atoms with Crippen LogP contribution in [0, 0.1) is 0 Å². The van der Waals surface area contributed by atoms with Gasteiger partial charge < -0.3 is 9.84 Å². The van der Waals surface area contributed by atoms with Crippen molar-refractivity contribution in [1.29, 1.82) is 0 Å². The third-order valence-electron chi connectivity index (χ3n) is 2.98. The average Bonchev–Trinajstić information content (AvgIpc) is 2.39. The minimum Gasteiger partial charge on any atom is -0.497 e. The first kappa shape index (κ1) is 12.6. The van der Waals surface area contributed by atoms with E-state index in [2.05, 4.69) is 4.98 Å². The number of nitrogens with zero attached hydrogens (tertiary/aromatic N) is 1. The van der Waals surface area contributed by atoms with Crippen LogP contribution in [0.5, 0.6) is 5.75 Å². The maximum atomic E-state index is 10.5. The molecule has 3 heteroatoms. The Labute approximate surface area is 107 Å². The minimum absolute atomic E-state index is 0.535. The highest BCUT2D eigenvalue weighted by atomic mass is 16.5. The van der Waals surface area contributed by atoms with Crippen LogP contribution in [0.2, 0.25) is 0 Å². The van der Waals surface area contributed by atoms with Gasteiger partial charge in [-0.15, -0.1) is 0 Å². The van der Waals surface area contributed by atoms with Crippen molar-refractivity contribution in [2.45, 2.75) is 18.9 Å². The van der Waals surface area contributed by atoms with Crippen molar-refractivity contribution in [2.75, 3.05) is 7.11 Å². The van der Waals surface area contributed by atoms with Gasteiger partial charge in [-0.3, -0.25) is 4.98 Å². The van der Waals surface area contributed by atoms with Crippen molar-refractivity contribution in [3.8, 4) is 5.75 Å². The first-order valence-electron chi connectivity index (χ1n) is 5.87. The fourth-order valence-corrected chi connectivity index (χ4v) is 1.95. The van der Waals surface area contributed by atoms with Crippen LogP contribution in [0.1, 0.15) is 18.1 Å². The highest BCUT2D eigenvalue weighted by Gasteiger charge is 2.23. The number of hydrogen-bond acceptors (Lipinski definition) is 3. The van der Waals surface area contributed by atoms with E-state index >= 15 is 0 Å². The Hall–Kier alpha value is -1.87. The predicted molar refractivity (Wildman–Crippen MR) is 70.5 cm³/mol. The maximum absolute atomic E-state index is 10.5. The van der Waals surface area contributed by atoms with E-state index in [0.29, 0.717) is 6.42 Å². The molecule has 0 aliphatic rings. The van der Waals surface area contributed by atoms with E-state index in [4.69, 9.17) is 4.74 Å². The Kier molecular flexibility index (Phi) is 3.63. The molecule has 0 amide bonds. The molecule has 1 unspecified atom stereocenters. The lowest BCUT2D eigenvalue weighted by Gasteiger charge is -2.24. The molecule has 0 aliphatic heterocycles. The van der Waals surface area contributed by atoms with Gasteiger partial charge in [0.1, 0.15) is 5.75 Å². The third-order valence-corrected chi connectivity index (χ3v) is 2.98. The second-order valence-electron chi connectivity index (χ2n) is 4.54. The zero-order chi connectivity index (χ0) is 13.0. The van der Waals surface area contributed by atoms with E-state index in [1.165, 1.54) is 0 Å². The van der Waals surface area contributed by atoms with E-state index in [9.17, 15) is 5.11 Å².